The van der Waals surface area contributed by atoms with Crippen LogP contribution in [-0.2, 0) is 4.74 Å². The molecule has 1 saturated carbocycles. The van der Waals surface area contributed by atoms with E-state index in [1.165, 1.54) is 37.8 Å². The number of rotatable bonds is 7. The van der Waals surface area contributed by atoms with Crippen LogP contribution in [0.1, 0.15) is 68.0 Å². The predicted molar refractivity (Wildman–Crippen MR) is 115 cm³/mol. The van der Waals surface area contributed by atoms with Crippen LogP contribution < -0.4 is 5.32 Å². The standard InChI is InChI=1S/C22H30N4OS/c1-27-16-8-15-26-21(20(24-22(26)28)18-11-5-6-13-23-18)19-12-7-14-25(19)17-9-3-2-4-10-17/h5-7,11-14,17,20-21H,2-4,8-10,15-16H2,1H3,(H,24,28)/t20-,21+/m1/s1. The van der Waals surface area contributed by atoms with Crippen LogP contribution in [-0.4, -0.2) is 39.8 Å². The topological polar surface area (TPSA) is 42.3 Å². The zero-order valence-corrected chi connectivity index (χ0v) is 17.4. The van der Waals surface area contributed by atoms with Crippen molar-refractivity contribution >= 4 is 17.3 Å². The smallest absolute Gasteiger partial charge is 0.170 e. The van der Waals surface area contributed by atoms with E-state index in [2.05, 4.69) is 50.2 Å². The number of nitrogens with one attached hydrogen (secondary N) is 1. The molecule has 2 fully saturated rings. The Morgan fingerprint density at radius 3 is 2.79 bits per heavy atom. The maximum Gasteiger partial charge on any atom is 0.170 e. The molecular weight excluding hydrogens is 368 g/mol. The highest BCUT2D eigenvalue weighted by atomic mass is 32.1. The molecule has 1 aliphatic carbocycles. The van der Waals surface area contributed by atoms with Crippen molar-refractivity contribution < 1.29 is 4.74 Å². The molecule has 6 heteroatoms. The Labute approximate surface area is 173 Å². The Hall–Kier alpha value is -1.92. The van der Waals surface area contributed by atoms with Crippen LogP contribution in [0.5, 0.6) is 0 Å². The van der Waals surface area contributed by atoms with Crippen molar-refractivity contribution in [3.63, 3.8) is 0 Å². The van der Waals surface area contributed by atoms with Gasteiger partial charge < -0.3 is 19.5 Å². The largest absolute Gasteiger partial charge is 0.385 e. The van der Waals surface area contributed by atoms with Gasteiger partial charge in [-0.2, -0.15) is 0 Å². The molecule has 0 unspecified atom stereocenters. The van der Waals surface area contributed by atoms with Crippen LogP contribution in [0.4, 0.5) is 0 Å². The van der Waals surface area contributed by atoms with Gasteiger partial charge in [0.15, 0.2) is 5.11 Å². The summed E-state index contributed by atoms with van der Waals surface area (Å²) < 4.78 is 7.80. The lowest BCUT2D eigenvalue weighted by Gasteiger charge is -2.32. The van der Waals surface area contributed by atoms with E-state index in [9.17, 15) is 0 Å². The van der Waals surface area contributed by atoms with Crippen LogP contribution in [0.15, 0.2) is 42.7 Å². The van der Waals surface area contributed by atoms with E-state index in [1.807, 2.05) is 12.3 Å². The summed E-state index contributed by atoms with van der Waals surface area (Å²) in [7, 11) is 1.75. The van der Waals surface area contributed by atoms with Gasteiger partial charge in [-0.3, -0.25) is 4.98 Å². The van der Waals surface area contributed by atoms with Crippen molar-refractivity contribution in [1.82, 2.24) is 19.8 Å². The molecule has 4 rings (SSSR count). The quantitative estimate of drug-likeness (QED) is 0.553. The minimum Gasteiger partial charge on any atom is -0.385 e. The van der Waals surface area contributed by atoms with Gasteiger partial charge in [-0.25, -0.2) is 0 Å². The molecule has 2 aromatic heterocycles. The van der Waals surface area contributed by atoms with Crippen molar-refractivity contribution in [3.8, 4) is 0 Å². The summed E-state index contributed by atoms with van der Waals surface area (Å²) in [5.74, 6) is 0. The average molecular weight is 399 g/mol. The van der Waals surface area contributed by atoms with Gasteiger partial charge in [0.1, 0.15) is 0 Å². The first-order valence-corrected chi connectivity index (χ1v) is 10.8. The van der Waals surface area contributed by atoms with Gasteiger partial charge in [0.2, 0.25) is 0 Å². The number of nitrogens with zero attached hydrogens (tertiary/aromatic N) is 3. The molecule has 1 saturated heterocycles. The predicted octanol–water partition coefficient (Wildman–Crippen LogP) is 4.40. The summed E-state index contributed by atoms with van der Waals surface area (Å²) in [4.78, 5) is 6.98. The summed E-state index contributed by atoms with van der Waals surface area (Å²) in [6.45, 7) is 1.62. The summed E-state index contributed by atoms with van der Waals surface area (Å²) in [6.07, 6.45) is 11.6. The Morgan fingerprint density at radius 2 is 2.04 bits per heavy atom. The molecule has 28 heavy (non-hydrogen) atoms. The second-order valence-electron chi connectivity index (χ2n) is 7.80. The number of methoxy groups -OCH3 is 1. The van der Waals surface area contributed by atoms with Crippen molar-refractivity contribution in [2.24, 2.45) is 0 Å². The van der Waals surface area contributed by atoms with Crippen molar-refractivity contribution in [2.45, 2.75) is 56.7 Å². The zero-order valence-electron chi connectivity index (χ0n) is 16.6. The first kappa shape index (κ1) is 19.4. The highest BCUT2D eigenvalue weighted by Gasteiger charge is 2.41. The van der Waals surface area contributed by atoms with Crippen molar-refractivity contribution in [1.29, 1.82) is 0 Å². The Morgan fingerprint density at radius 1 is 1.18 bits per heavy atom. The van der Waals surface area contributed by atoms with Gasteiger partial charge in [-0.05, 0) is 55.7 Å². The third-order valence-corrected chi connectivity index (χ3v) is 6.38. The number of hydrogen-bond donors (Lipinski definition) is 1. The highest BCUT2D eigenvalue weighted by Crippen LogP contribution is 2.41. The number of ether oxygens (including phenoxy) is 1. The number of thiocarbonyl (C=S) groups is 1. The van der Waals surface area contributed by atoms with Crippen molar-refractivity contribution in [3.05, 3.63) is 54.1 Å². The van der Waals surface area contributed by atoms with Crippen LogP contribution in [0.25, 0.3) is 0 Å². The van der Waals surface area contributed by atoms with Gasteiger partial charge in [0, 0.05) is 44.4 Å². The van der Waals surface area contributed by atoms with Gasteiger partial charge >= 0.3 is 0 Å². The summed E-state index contributed by atoms with van der Waals surface area (Å²) in [5.41, 5.74) is 2.38. The molecule has 0 amide bonds. The fourth-order valence-corrected chi connectivity index (χ4v) is 5.03. The molecule has 2 aliphatic rings. The Bertz CT molecular complexity index is 772. The van der Waals surface area contributed by atoms with Crippen LogP contribution >= 0.6 is 12.2 Å². The first-order valence-electron chi connectivity index (χ1n) is 10.4. The normalized spacial score (nSPS) is 23.2. The third-order valence-electron chi connectivity index (χ3n) is 6.03. The third kappa shape index (κ3) is 3.94. The maximum atomic E-state index is 5.75. The molecule has 1 N–H and O–H groups in total. The molecule has 0 bridgehead atoms. The van der Waals surface area contributed by atoms with Crippen molar-refractivity contribution in [2.75, 3.05) is 20.3 Å². The SMILES string of the molecule is COCCCN1C(=S)N[C@H](c2ccccn2)[C@@H]1c1cccn1C1CCCCC1. The second kappa shape index (κ2) is 9.05. The lowest BCUT2D eigenvalue weighted by atomic mass is 9.94. The molecule has 2 aromatic rings. The molecule has 5 nitrogen and oxygen atoms in total. The van der Waals surface area contributed by atoms with Crippen LogP contribution in [0.2, 0.25) is 0 Å². The number of aromatic nitrogens is 2. The van der Waals surface area contributed by atoms with Gasteiger partial charge in [-0.15, -0.1) is 0 Å². The molecule has 0 radical (unpaired) electrons. The van der Waals surface area contributed by atoms with E-state index < -0.39 is 0 Å². The summed E-state index contributed by atoms with van der Waals surface area (Å²) in [6, 6.07) is 11.4. The molecule has 150 valence electrons. The van der Waals surface area contributed by atoms with Crippen LogP contribution in [0, 0.1) is 0 Å². The molecule has 0 spiro atoms. The molecular formula is C22H30N4OS. The van der Waals surface area contributed by atoms with E-state index in [4.69, 9.17) is 17.0 Å². The number of pyridine rings is 1. The van der Waals surface area contributed by atoms with Gasteiger partial charge in [0.25, 0.3) is 0 Å². The molecule has 3 heterocycles. The maximum absolute atomic E-state index is 5.75. The fraction of sp³-hybridized carbons (Fsp3) is 0.545. The Balaban J connectivity index is 1.68. The minimum absolute atomic E-state index is 0.0634. The number of hydrogen-bond acceptors (Lipinski definition) is 3. The summed E-state index contributed by atoms with van der Waals surface area (Å²) in [5, 5.41) is 4.37. The summed E-state index contributed by atoms with van der Waals surface area (Å²) >= 11 is 5.75. The van der Waals surface area contributed by atoms with E-state index in [0.29, 0.717) is 6.04 Å². The lowest BCUT2D eigenvalue weighted by molar-refractivity contribution is 0.179. The molecule has 2 atom stereocenters. The van der Waals surface area contributed by atoms with E-state index in [-0.39, 0.29) is 12.1 Å². The first-order chi connectivity index (χ1) is 13.8. The van der Waals surface area contributed by atoms with E-state index in [1.54, 1.807) is 7.11 Å². The molecule has 1 aliphatic heterocycles. The van der Waals surface area contributed by atoms with E-state index in [0.717, 1.165) is 30.4 Å². The monoisotopic (exact) mass is 398 g/mol. The van der Waals surface area contributed by atoms with Crippen LogP contribution in [0.3, 0.4) is 0 Å². The Kier molecular flexibility index (Phi) is 6.27. The molecule has 0 aromatic carbocycles. The lowest BCUT2D eigenvalue weighted by Crippen LogP contribution is -2.32. The fourth-order valence-electron chi connectivity index (χ4n) is 4.70. The second-order valence-corrected chi connectivity index (χ2v) is 8.19. The van der Waals surface area contributed by atoms with E-state index >= 15 is 0 Å². The van der Waals surface area contributed by atoms with Gasteiger partial charge in [0.05, 0.1) is 17.8 Å². The average Bonchev–Trinajstić information content (AvgIpc) is 3.34. The zero-order chi connectivity index (χ0) is 19.3. The minimum atomic E-state index is 0.0634. The van der Waals surface area contributed by atoms with Gasteiger partial charge in [-0.1, -0.05) is 25.3 Å². The highest BCUT2D eigenvalue weighted by molar-refractivity contribution is 7.80.